The fourth-order valence-electron chi connectivity index (χ4n) is 2.96. The number of esters is 1. The number of hydrogen-bond donors (Lipinski definition) is 2. The summed E-state index contributed by atoms with van der Waals surface area (Å²) in [6.07, 6.45) is 1.71. The molecule has 0 unspecified atom stereocenters. The predicted molar refractivity (Wildman–Crippen MR) is 108 cm³/mol. The summed E-state index contributed by atoms with van der Waals surface area (Å²) in [6, 6.07) is 14.6. The molecule has 0 saturated heterocycles. The van der Waals surface area contributed by atoms with Gasteiger partial charge in [0.05, 0.1) is 23.0 Å². The third-order valence-corrected chi connectivity index (χ3v) is 5.37. The minimum atomic E-state index is -0.602. The van der Waals surface area contributed by atoms with E-state index in [0.717, 1.165) is 23.3 Å². The van der Waals surface area contributed by atoms with Gasteiger partial charge >= 0.3 is 5.97 Å². The molecule has 0 spiro atoms. The van der Waals surface area contributed by atoms with Gasteiger partial charge in [0.1, 0.15) is 0 Å². The molecule has 6 nitrogen and oxygen atoms in total. The van der Waals surface area contributed by atoms with Crippen LogP contribution in [-0.2, 0) is 14.3 Å². The number of amides is 2. The topological polar surface area (TPSA) is 84.5 Å². The van der Waals surface area contributed by atoms with Gasteiger partial charge in [-0.05, 0) is 30.2 Å². The van der Waals surface area contributed by atoms with Gasteiger partial charge in [-0.15, -0.1) is 11.8 Å². The monoisotopic (exact) mass is 398 g/mol. The van der Waals surface area contributed by atoms with Crippen LogP contribution in [0.1, 0.15) is 41.7 Å². The van der Waals surface area contributed by atoms with Gasteiger partial charge in [0.25, 0.3) is 5.91 Å². The molecule has 1 atom stereocenters. The van der Waals surface area contributed by atoms with E-state index in [1.165, 1.54) is 11.8 Å². The number of thioether (sulfide) groups is 1. The summed E-state index contributed by atoms with van der Waals surface area (Å²) >= 11 is 1.42. The standard InChI is InChI=1S/C21H22N2O4S/c1-2-6-16(14-7-4-3-5-8-14)22-19(24)12-27-21(26)15-9-10-18-17(11-15)23-20(25)13-28-18/h3-5,7-11,16H,2,6,12-13H2,1H3,(H,22,24)(H,23,25)/t16-/m0/s1. The molecule has 2 aromatic carbocycles. The highest BCUT2D eigenvalue weighted by Gasteiger charge is 2.19. The van der Waals surface area contributed by atoms with Crippen LogP contribution < -0.4 is 10.6 Å². The Morgan fingerprint density at radius 3 is 2.75 bits per heavy atom. The summed E-state index contributed by atoms with van der Waals surface area (Å²) < 4.78 is 5.15. The first-order valence-corrected chi connectivity index (χ1v) is 10.1. The first-order valence-electron chi connectivity index (χ1n) is 9.15. The van der Waals surface area contributed by atoms with Crippen LogP contribution in [0.25, 0.3) is 0 Å². The summed E-state index contributed by atoms with van der Waals surface area (Å²) in [5.41, 5.74) is 1.90. The number of ether oxygens (including phenoxy) is 1. The second-order valence-electron chi connectivity index (χ2n) is 6.44. The summed E-state index contributed by atoms with van der Waals surface area (Å²) in [6.45, 7) is 1.69. The van der Waals surface area contributed by atoms with Crippen molar-refractivity contribution < 1.29 is 19.1 Å². The normalized spacial score (nSPS) is 13.8. The Morgan fingerprint density at radius 1 is 1.21 bits per heavy atom. The average Bonchev–Trinajstić information content (AvgIpc) is 2.71. The van der Waals surface area contributed by atoms with E-state index in [4.69, 9.17) is 4.74 Å². The minimum Gasteiger partial charge on any atom is -0.452 e. The number of carbonyl (C=O) groups is 3. The number of anilines is 1. The van der Waals surface area contributed by atoms with Gasteiger partial charge in [0.15, 0.2) is 6.61 Å². The molecule has 2 N–H and O–H groups in total. The van der Waals surface area contributed by atoms with Gasteiger partial charge in [0.2, 0.25) is 5.91 Å². The number of benzene rings is 2. The summed E-state index contributed by atoms with van der Waals surface area (Å²) in [7, 11) is 0. The summed E-state index contributed by atoms with van der Waals surface area (Å²) in [5, 5.41) is 5.65. The lowest BCUT2D eigenvalue weighted by molar-refractivity contribution is -0.125. The van der Waals surface area contributed by atoms with E-state index in [9.17, 15) is 14.4 Å². The third kappa shape index (κ3) is 5.13. The Kier molecular flexibility index (Phi) is 6.71. The maximum Gasteiger partial charge on any atom is 0.338 e. The Hall–Kier alpha value is -2.80. The second kappa shape index (κ2) is 9.41. The molecule has 2 amide bonds. The zero-order chi connectivity index (χ0) is 19.9. The van der Waals surface area contributed by atoms with Crippen molar-refractivity contribution in [3.05, 3.63) is 59.7 Å². The van der Waals surface area contributed by atoms with Crippen LogP contribution >= 0.6 is 11.8 Å². The molecule has 0 fully saturated rings. The lowest BCUT2D eigenvalue weighted by atomic mass is 10.0. The van der Waals surface area contributed by atoms with Gasteiger partial charge in [-0.3, -0.25) is 9.59 Å². The molecular formula is C21H22N2O4S. The molecule has 28 heavy (non-hydrogen) atoms. The first kappa shape index (κ1) is 19.9. The Bertz CT molecular complexity index is 870. The van der Waals surface area contributed by atoms with Crippen LogP contribution in [0.3, 0.4) is 0 Å². The van der Waals surface area contributed by atoms with Gasteiger partial charge in [-0.2, -0.15) is 0 Å². The summed E-state index contributed by atoms with van der Waals surface area (Å²) in [4.78, 5) is 36.9. The molecule has 0 aliphatic carbocycles. The van der Waals surface area contributed by atoms with Crippen molar-refractivity contribution in [2.24, 2.45) is 0 Å². The third-order valence-electron chi connectivity index (χ3n) is 4.30. The van der Waals surface area contributed by atoms with E-state index in [1.54, 1.807) is 18.2 Å². The van der Waals surface area contributed by atoms with Gasteiger partial charge in [-0.1, -0.05) is 43.7 Å². The fraction of sp³-hybridized carbons (Fsp3) is 0.286. The predicted octanol–water partition coefficient (Wildman–Crippen LogP) is 3.55. The molecule has 1 heterocycles. The lowest BCUT2D eigenvalue weighted by Crippen LogP contribution is -2.32. The second-order valence-corrected chi connectivity index (χ2v) is 7.46. The molecule has 3 rings (SSSR count). The van der Waals surface area contributed by atoms with E-state index >= 15 is 0 Å². The van der Waals surface area contributed by atoms with Crippen LogP contribution in [0, 0.1) is 0 Å². The highest BCUT2D eigenvalue weighted by molar-refractivity contribution is 8.00. The van der Waals surface area contributed by atoms with Gasteiger partial charge in [0, 0.05) is 4.90 Å². The zero-order valence-corrected chi connectivity index (χ0v) is 16.4. The van der Waals surface area contributed by atoms with Crippen LogP contribution in [0.2, 0.25) is 0 Å². The van der Waals surface area contributed by atoms with Crippen molar-refractivity contribution in [3.63, 3.8) is 0 Å². The van der Waals surface area contributed by atoms with E-state index < -0.39 is 5.97 Å². The van der Waals surface area contributed by atoms with Crippen molar-refractivity contribution >= 4 is 35.2 Å². The number of hydrogen-bond acceptors (Lipinski definition) is 5. The molecule has 1 aliphatic rings. The van der Waals surface area contributed by atoms with Crippen molar-refractivity contribution in [1.82, 2.24) is 5.32 Å². The highest BCUT2D eigenvalue weighted by Crippen LogP contribution is 2.32. The Morgan fingerprint density at radius 2 is 2.00 bits per heavy atom. The Balaban J connectivity index is 1.57. The zero-order valence-electron chi connectivity index (χ0n) is 15.6. The van der Waals surface area contributed by atoms with Crippen LogP contribution in [-0.4, -0.2) is 30.1 Å². The number of fused-ring (bicyclic) bond motifs is 1. The van der Waals surface area contributed by atoms with Crippen LogP contribution in [0.15, 0.2) is 53.4 Å². The van der Waals surface area contributed by atoms with Crippen molar-refractivity contribution in [2.75, 3.05) is 17.7 Å². The molecule has 0 bridgehead atoms. The average molecular weight is 398 g/mol. The van der Waals surface area contributed by atoms with Crippen molar-refractivity contribution in [3.8, 4) is 0 Å². The maximum absolute atomic E-state index is 12.3. The van der Waals surface area contributed by atoms with Crippen LogP contribution in [0.4, 0.5) is 5.69 Å². The maximum atomic E-state index is 12.3. The molecule has 0 radical (unpaired) electrons. The largest absolute Gasteiger partial charge is 0.452 e. The molecule has 0 aromatic heterocycles. The molecule has 146 valence electrons. The Labute approximate surface area is 168 Å². The lowest BCUT2D eigenvalue weighted by Gasteiger charge is -2.19. The quantitative estimate of drug-likeness (QED) is 0.697. The smallest absolute Gasteiger partial charge is 0.338 e. The fourth-order valence-corrected chi connectivity index (χ4v) is 3.75. The number of carbonyl (C=O) groups excluding carboxylic acids is 3. The molecule has 2 aromatic rings. The van der Waals surface area contributed by atoms with E-state index in [0.29, 0.717) is 17.0 Å². The molecular weight excluding hydrogens is 376 g/mol. The number of nitrogens with one attached hydrogen (secondary N) is 2. The van der Waals surface area contributed by atoms with Crippen molar-refractivity contribution in [1.29, 1.82) is 0 Å². The SMILES string of the molecule is CCC[C@H](NC(=O)COC(=O)c1ccc2c(c1)NC(=O)CS2)c1ccccc1. The number of rotatable bonds is 7. The van der Waals surface area contributed by atoms with E-state index in [2.05, 4.69) is 17.6 Å². The van der Waals surface area contributed by atoms with E-state index in [1.807, 2.05) is 30.3 Å². The first-order chi connectivity index (χ1) is 13.6. The molecule has 7 heteroatoms. The van der Waals surface area contributed by atoms with Crippen molar-refractivity contribution in [2.45, 2.75) is 30.7 Å². The van der Waals surface area contributed by atoms with Crippen LogP contribution in [0.5, 0.6) is 0 Å². The minimum absolute atomic E-state index is 0.106. The molecule has 0 saturated carbocycles. The highest BCUT2D eigenvalue weighted by atomic mass is 32.2. The van der Waals surface area contributed by atoms with Gasteiger partial charge in [-0.25, -0.2) is 4.79 Å². The van der Waals surface area contributed by atoms with Gasteiger partial charge < -0.3 is 15.4 Å². The summed E-state index contributed by atoms with van der Waals surface area (Å²) in [5.74, 6) is -0.700. The van der Waals surface area contributed by atoms with E-state index in [-0.39, 0.29) is 24.5 Å². The molecule has 1 aliphatic heterocycles.